The number of nitrogens with one attached hydrogen (secondary N) is 2. The number of nitrogens with zero attached hydrogens (tertiary/aromatic N) is 4. The highest BCUT2D eigenvalue weighted by atomic mass is 32.2. The summed E-state index contributed by atoms with van der Waals surface area (Å²) in [5.74, 6) is 1.62. The second kappa shape index (κ2) is 9.24. The molecule has 1 unspecified atom stereocenters. The van der Waals surface area contributed by atoms with Crippen molar-refractivity contribution in [1.82, 2.24) is 25.2 Å². The van der Waals surface area contributed by atoms with Crippen LogP contribution in [0.25, 0.3) is 5.65 Å². The summed E-state index contributed by atoms with van der Waals surface area (Å²) in [5.41, 5.74) is 0.837. The van der Waals surface area contributed by atoms with E-state index < -0.39 is 0 Å². The second-order valence-electron chi connectivity index (χ2n) is 5.86. The van der Waals surface area contributed by atoms with E-state index in [2.05, 4.69) is 63.9 Å². The summed E-state index contributed by atoms with van der Waals surface area (Å²) in [5, 5.41) is 15.5. The summed E-state index contributed by atoms with van der Waals surface area (Å²) in [6, 6.07) is 16.3. The summed E-state index contributed by atoms with van der Waals surface area (Å²) < 4.78 is 1.96. The summed E-state index contributed by atoms with van der Waals surface area (Å²) >= 11 is 1.85. The zero-order chi connectivity index (χ0) is 18.2. The smallest absolute Gasteiger partial charge is 0.191 e. The van der Waals surface area contributed by atoms with E-state index >= 15 is 0 Å². The molecule has 0 amide bonds. The first-order valence-corrected chi connectivity index (χ1v) is 9.66. The van der Waals surface area contributed by atoms with E-state index in [0.717, 1.165) is 30.5 Å². The molecule has 0 radical (unpaired) electrons. The molecule has 0 aliphatic heterocycles. The Kier molecular flexibility index (Phi) is 6.49. The highest BCUT2D eigenvalue weighted by Crippen LogP contribution is 2.21. The molecule has 7 heteroatoms. The topological polar surface area (TPSA) is 66.6 Å². The lowest BCUT2D eigenvalue weighted by Gasteiger charge is -2.15. The van der Waals surface area contributed by atoms with Crippen LogP contribution in [0.5, 0.6) is 0 Å². The van der Waals surface area contributed by atoms with Gasteiger partial charge in [0, 0.05) is 29.4 Å². The van der Waals surface area contributed by atoms with Crippen LogP contribution < -0.4 is 10.6 Å². The number of aromatic nitrogens is 3. The zero-order valence-electron chi connectivity index (χ0n) is 15.1. The third kappa shape index (κ3) is 4.98. The number of fused-ring (bicyclic) bond motifs is 1. The average Bonchev–Trinajstić information content (AvgIpc) is 3.08. The van der Waals surface area contributed by atoms with E-state index in [1.165, 1.54) is 4.90 Å². The molecule has 3 rings (SSSR count). The lowest BCUT2D eigenvalue weighted by molar-refractivity contribution is 0.784. The minimum atomic E-state index is 0.426. The van der Waals surface area contributed by atoms with Gasteiger partial charge in [-0.2, -0.15) is 0 Å². The summed E-state index contributed by atoms with van der Waals surface area (Å²) in [6.45, 7) is 6.38. The SMILES string of the molecule is CCNC(=NCc1nnc2ccccn12)NCC(C)Sc1ccccc1. The average molecular weight is 369 g/mol. The van der Waals surface area contributed by atoms with Crippen LogP contribution in [0.15, 0.2) is 64.6 Å². The number of benzene rings is 1. The standard InChI is InChI=1S/C19H24N6S/c1-3-20-19(21-13-15(2)26-16-9-5-4-6-10-16)22-14-18-24-23-17-11-7-8-12-25(17)18/h4-12,15H,3,13-14H2,1-2H3,(H2,20,21,22). The second-order valence-corrected chi connectivity index (χ2v) is 7.37. The molecule has 0 spiro atoms. The van der Waals surface area contributed by atoms with Crippen molar-refractivity contribution in [3.05, 3.63) is 60.6 Å². The highest BCUT2D eigenvalue weighted by molar-refractivity contribution is 8.00. The van der Waals surface area contributed by atoms with Crippen LogP contribution >= 0.6 is 11.8 Å². The van der Waals surface area contributed by atoms with Gasteiger partial charge in [-0.05, 0) is 31.2 Å². The van der Waals surface area contributed by atoms with E-state index in [1.54, 1.807) is 0 Å². The Bertz CT molecular complexity index is 845. The monoisotopic (exact) mass is 368 g/mol. The zero-order valence-corrected chi connectivity index (χ0v) is 15.9. The third-order valence-corrected chi connectivity index (χ3v) is 4.86. The van der Waals surface area contributed by atoms with Crippen molar-refractivity contribution in [3.8, 4) is 0 Å². The number of pyridine rings is 1. The Morgan fingerprint density at radius 2 is 1.92 bits per heavy atom. The molecular weight excluding hydrogens is 344 g/mol. The first-order chi connectivity index (χ1) is 12.8. The molecule has 0 saturated carbocycles. The van der Waals surface area contributed by atoms with E-state index in [4.69, 9.17) is 0 Å². The van der Waals surface area contributed by atoms with E-state index in [-0.39, 0.29) is 0 Å². The Balaban J connectivity index is 1.58. The largest absolute Gasteiger partial charge is 0.357 e. The number of hydrogen-bond acceptors (Lipinski definition) is 4. The molecule has 0 saturated heterocycles. The Morgan fingerprint density at radius 1 is 1.12 bits per heavy atom. The van der Waals surface area contributed by atoms with Crippen molar-refractivity contribution < 1.29 is 0 Å². The number of guanidine groups is 1. The van der Waals surface area contributed by atoms with Crippen LogP contribution in [0, 0.1) is 0 Å². The maximum atomic E-state index is 4.65. The summed E-state index contributed by atoms with van der Waals surface area (Å²) in [7, 11) is 0. The third-order valence-electron chi connectivity index (χ3n) is 3.74. The molecule has 0 bridgehead atoms. The predicted molar refractivity (Wildman–Crippen MR) is 108 cm³/mol. The molecule has 2 heterocycles. The molecule has 3 aromatic rings. The molecule has 26 heavy (non-hydrogen) atoms. The van der Waals surface area contributed by atoms with Crippen LogP contribution in [-0.4, -0.2) is 38.9 Å². The lowest BCUT2D eigenvalue weighted by atomic mass is 10.4. The van der Waals surface area contributed by atoms with E-state index in [1.807, 2.05) is 46.6 Å². The van der Waals surface area contributed by atoms with Crippen molar-refractivity contribution in [3.63, 3.8) is 0 Å². The van der Waals surface area contributed by atoms with Crippen LogP contribution in [0.3, 0.4) is 0 Å². The van der Waals surface area contributed by atoms with Gasteiger partial charge in [-0.25, -0.2) is 4.99 Å². The van der Waals surface area contributed by atoms with Crippen LogP contribution in [0.4, 0.5) is 0 Å². The molecule has 2 aromatic heterocycles. The number of rotatable bonds is 7. The number of thioether (sulfide) groups is 1. The molecule has 1 atom stereocenters. The van der Waals surface area contributed by atoms with Crippen molar-refractivity contribution >= 4 is 23.4 Å². The van der Waals surface area contributed by atoms with Gasteiger partial charge in [0.05, 0.1) is 0 Å². The van der Waals surface area contributed by atoms with Gasteiger partial charge in [-0.1, -0.05) is 31.2 Å². The van der Waals surface area contributed by atoms with Gasteiger partial charge in [-0.15, -0.1) is 22.0 Å². The van der Waals surface area contributed by atoms with Crippen molar-refractivity contribution in [2.24, 2.45) is 4.99 Å². The quantitative estimate of drug-likeness (QED) is 0.381. The number of aliphatic imine (C=N–C) groups is 1. The van der Waals surface area contributed by atoms with Crippen molar-refractivity contribution in [2.45, 2.75) is 30.5 Å². The maximum Gasteiger partial charge on any atom is 0.191 e. The van der Waals surface area contributed by atoms with Crippen molar-refractivity contribution in [2.75, 3.05) is 13.1 Å². The first-order valence-electron chi connectivity index (χ1n) is 8.79. The molecule has 0 aliphatic rings. The minimum absolute atomic E-state index is 0.426. The summed E-state index contributed by atoms with van der Waals surface area (Å²) in [4.78, 5) is 5.92. The fourth-order valence-electron chi connectivity index (χ4n) is 2.50. The van der Waals surface area contributed by atoms with Gasteiger partial charge in [0.25, 0.3) is 0 Å². The predicted octanol–water partition coefficient (Wildman–Crippen LogP) is 2.97. The normalized spacial score (nSPS) is 12.9. The lowest BCUT2D eigenvalue weighted by Crippen LogP contribution is -2.40. The van der Waals surface area contributed by atoms with Gasteiger partial charge in [0.15, 0.2) is 17.4 Å². The number of hydrogen-bond donors (Lipinski definition) is 2. The van der Waals surface area contributed by atoms with E-state index in [0.29, 0.717) is 11.8 Å². The Labute approximate surface area is 158 Å². The first kappa shape index (κ1) is 18.3. The van der Waals surface area contributed by atoms with Crippen LogP contribution in [0.1, 0.15) is 19.7 Å². The van der Waals surface area contributed by atoms with Crippen LogP contribution in [0.2, 0.25) is 0 Å². The van der Waals surface area contributed by atoms with Gasteiger partial charge < -0.3 is 10.6 Å². The van der Waals surface area contributed by atoms with Gasteiger partial charge in [-0.3, -0.25) is 4.40 Å². The molecule has 6 nitrogen and oxygen atoms in total. The Morgan fingerprint density at radius 3 is 2.73 bits per heavy atom. The molecule has 0 aliphatic carbocycles. The van der Waals surface area contributed by atoms with Crippen LogP contribution in [-0.2, 0) is 6.54 Å². The molecule has 0 fully saturated rings. The fourth-order valence-corrected chi connectivity index (χ4v) is 3.45. The molecular formula is C19H24N6S. The fraction of sp³-hybridized carbons (Fsp3) is 0.316. The maximum absolute atomic E-state index is 4.65. The summed E-state index contributed by atoms with van der Waals surface area (Å²) in [6.07, 6.45) is 1.96. The van der Waals surface area contributed by atoms with Crippen molar-refractivity contribution in [1.29, 1.82) is 0 Å². The van der Waals surface area contributed by atoms with Gasteiger partial charge in [0.1, 0.15) is 6.54 Å². The highest BCUT2D eigenvalue weighted by Gasteiger charge is 2.07. The van der Waals surface area contributed by atoms with Gasteiger partial charge >= 0.3 is 0 Å². The Hall–Kier alpha value is -2.54. The van der Waals surface area contributed by atoms with Gasteiger partial charge in [0.2, 0.25) is 0 Å². The molecule has 2 N–H and O–H groups in total. The van der Waals surface area contributed by atoms with E-state index in [9.17, 15) is 0 Å². The molecule has 1 aromatic carbocycles. The minimum Gasteiger partial charge on any atom is -0.357 e. The molecule has 136 valence electrons.